The van der Waals surface area contributed by atoms with Crippen molar-refractivity contribution < 1.29 is 9.59 Å². The number of carbonyl (C=O) groups excluding carboxylic acids is 2. The summed E-state index contributed by atoms with van der Waals surface area (Å²) in [5, 5.41) is 4.41. The molecule has 0 radical (unpaired) electrons. The number of hydrazine groups is 1. The first-order valence-electron chi connectivity index (χ1n) is 7.59. The van der Waals surface area contributed by atoms with Crippen LogP contribution in [-0.4, -0.2) is 36.4 Å². The Morgan fingerprint density at radius 1 is 1.32 bits per heavy atom. The number of aromatic nitrogens is 4. The van der Waals surface area contributed by atoms with Crippen molar-refractivity contribution in [1.29, 1.82) is 0 Å². The SMILES string of the molecule is CCc1c(C)[nH]c2c(C(=O)N(N)C(=O)c3ccccn3)cnn2c1=O. The van der Waals surface area contributed by atoms with E-state index in [0.717, 1.165) is 4.52 Å². The van der Waals surface area contributed by atoms with Gasteiger partial charge in [-0.05, 0) is 25.5 Å². The molecule has 25 heavy (non-hydrogen) atoms. The predicted octanol–water partition coefficient (Wildman–Crippen LogP) is 0.445. The van der Waals surface area contributed by atoms with Gasteiger partial charge in [0.15, 0.2) is 0 Å². The van der Waals surface area contributed by atoms with E-state index in [4.69, 9.17) is 5.84 Å². The van der Waals surface area contributed by atoms with E-state index < -0.39 is 11.8 Å². The third-order valence-electron chi connectivity index (χ3n) is 3.88. The highest BCUT2D eigenvalue weighted by Gasteiger charge is 2.26. The van der Waals surface area contributed by atoms with Crippen molar-refractivity contribution in [2.75, 3.05) is 0 Å². The molecule has 0 fully saturated rings. The van der Waals surface area contributed by atoms with Gasteiger partial charge >= 0.3 is 0 Å². The average molecular weight is 340 g/mol. The minimum Gasteiger partial charge on any atom is -0.343 e. The zero-order valence-corrected chi connectivity index (χ0v) is 13.7. The van der Waals surface area contributed by atoms with E-state index in [0.29, 0.717) is 22.7 Å². The summed E-state index contributed by atoms with van der Waals surface area (Å²) in [5.41, 5.74) is 1.14. The molecule has 9 nitrogen and oxygen atoms in total. The number of rotatable bonds is 3. The van der Waals surface area contributed by atoms with Gasteiger partial charge in [0, 0.05) is 17.5 Å². The number of nitrogens with two attached hydrogens (primary N) is 1. The number of fused-ring (bicyclic) bond motifs is 1. The highest BCUT2D eigenvalue weighted by Crippen LogP contribution is 2.12. The van der Waals surface area contributed by atoms with Crippen LogP contribution in [0.25, 0.3) is 5.65 Å². The summed E-state index contributed by atoms with van der Waals surface area (Å²) < 4.78 is 1.10. The number of imide groups is 1. The first kappa shape index (κ1) is 16.5. The van der Waals surface area contributed by atoms with E-state index in [2.05, 4.69) is 15.1 Å². The molecule has 0 saturated carbocycles. The third kappa shape index (κ3) is 2.70. The van der Waals surface area contributed by atoms with Crippen molar-refractivity contribution in [3.05, 3.63) is 63.5 Å². The van der Waals surface area contributed by atoms with Gasteiger partial charge in [0.2, 0.25) is 0 Å². The number of nitrogens with one attached hydrogen (secondary N) is 1. The van der Waals surface area contributed by atoms with Crippen molar-refractivity contribution >= 4 is 17.5 Å². The Bertz CT molecular complexity index is 1020. The van der Waals surface area contributed by atoms with Crippen molar-refractivity contribution in [3.63, 3.8) is 0 Å². The van der Waals surface area contributed by atoms with Gasteiger partial charge in [0.25, 0.3) is 17.4 Å². The van der Waals surface area contributed by atoms with Gasteiger partial charge in [-0.3, -0.25) is 19.4 Å². The molecule has 3 N–H and O–H groups in total. The first-order valence-corrected chi connectivity index (χ1v) is 7.59. The Labute approximate surface area is 142 Å². The second-order valence-electron chi connectivity index (χ2n) is 5.40. The van der Waals surface area contributed by atoms with Crippen molar-refractivity contribution in [2.24, 2.45) is 5.84 Å². The fraction of sp³-hybridized carbons (Fsp3) is 0.188. The van der Waals surface area contributed by atoms with Crippen LogP contribution in [0.3, 0.4) is 0 Å². The van der Waals surface area contributed by atoms with Gasteiger partial charge in [0.1, 0.15) is 16.9 Å². The van der Waals surface area contributed by atoms with Gasteiger partial charge in [0.05, 0.1) is 6.20 Å². The summed E-state index contributed by atoms with van der Waals surface area (Å²) in [7, 11) is 0. The molecule has 0 bridgehead atoms. The standard InChI is InChI=1S/C16H16N6O3/c1-3-10-9(2)20-13-11(8-19-22(13)15(10)24)14(23)21(17)16(25)12-6-4-5-7-18-12/h4-8,20H,3,17H2,1-2H3. The lowest BCUT2D eigenvalue weighted by molar-refractivity contribution is 0.0613. The lowest BCUT2D eigenvalue weighted by atomic mass is 10.2. The second-order valence-corrected chi connectivity index (χ2v) is 5.40. The molecular weight excluding hydrogens is 324 g/mol. The van der Waals surface area contributed by atoms with E-state index in [1.54, 1.807) is 19.1 Å². The van der Waals surface area contributed by atoms with Crippen LogP contribution in [0.2, 0.25) is 0 Å². The van der Waals surface area contributed by atoms with E-state index in [9.17, 15) is 14.4 Å². The number of aryl methyl sites for hydroxylation is 1. The zero-order chi connectivity index (χ0) is 18.1. The summed E-state index contributed by atoms with van der Waals surface area (Å²) in [4.78, 5) is 44.1. The van der Waals surface area contributed by atoms with E-state index in [1.807, 2.05) is 6.92 Å². The highest BCUT2D eigenvalue weighted by molar-refractivity contribution is 6.11. The largest absolute Gasteiger partial charge is 0.343 e. The monoisotopic (exact) mass is 340 g/mol. The highest BCUT2D eigenvalue weighted by atomic mass is 16.2. The van der Waals surface area contributed by atoms with E-state index in [1.165, 1.54) is 18.5 Å². The number of H-pyrrole nitrogens is 1. The first-order chi connectivity index (χ1) is 12.0. The summed E-state index contributed by atoms with van der Waals surface area (Å²) in [6, 6.07) is 4.70. The Kier molecular flexibility index (Phi) is 4.15. The molecule has 0 saturated heterocycles. The molecule has 0 aliphatic carbocycles. The molecular formula is C16H16N6O3. The molecule has 0 aliphatic rings. The molecule has 3 heterocycles. The normalized spacial score (nSPS) is 10.8. The lowest BCUT2D eigenvalue weighted by Crippen LogP contribution is -2.43. The van der Waals surface area contributed by atoms with E-state index >= 15 is 0 Å². The van der Waals surface area contributed by atoms with Gasteiger partial charge < -0.3 is 4.98 Å². The van der Waals surface area contributed by atoms with E-state index in [-0.39, 0.29) is 22.5 Å². The molecule has 9 heteroatoms. The number of carbonyl (C=O) groups is 2. The van der Waals surface area contributed by atoms with Crippen LogP contribution >= 0.6 is 0 Å². The molecule has 3 rings (SSSR count). The van der Waals surface area contributed by atoms with Crippen molar-refractivity contribution in [1.82, 2.24) is 24.6 Å². The number of hydrogen-bond acceptors (Lipinski definition) is 6. The minimum atomic E-state index is -0.787. The quantitative estimate of drug-likeness (QED) is 0.308. The Hall–Kier alpha value is -3.33. The number of aromatic amines is 1. The van der Waals surface area contributed by atoms with Gasteiger partial charge in [-0.25, -0.2) is 10.9 Å². The molecule has 0 unspecified atom stereocenters. The molecule has 0 aliphatic heterocycles. The Balaban J connectivity index is 2.03. The molecule has 0 atom stereocenters. The molecule has 0 aromatic carbocycles. The minimum absolute atomic E-state index is 0.0228. The zero-order valence-electron chi connectivity index (χ0n) is 13.7. The molecule has 3 aromatic rings. The molecule has 2 amide bonds. The van der Waals surface area contributed by atoms with Crippen LogP contribution < -0.4 is 11.4 Å². The average Bonchev–Trinajstić information content (AvgIpc) is 3.04. The topological polar surface area (TPSA) is 126 Å². The second kappa shape index (κ2) is 6.29. The molecule has 0 spiro atoms. The van der Waals surface area contributed by atoms with Crippen molar-refractivity contribution in [3.8, 4) is 0 Å². The number of nitrogens with zero attached hydrogens (tertiary/aromatic N) is 4. The maximum absolute atomic E-state index is 12.6. The van der Waals surface area contributed by atoms with Crippen LogP contribution in [0.1, 0.15) is 39.0 Å². The summed E-state index contributed by atoms with van der Waals surface area (Å²) >= 11 is 0. The Morgan fingerprint density at radius 2 is 2.08 bits per heavy atom. The number of hydrogen-bond donors (Lipinski definition) is 2. The van der Waals surface area contributed by atoms with Crippen LogP contribution in [0.15, 0.2) is 35.4 Å². The number of amides is 2. The summed E-state index contributed by atoms with van der Waals surface area (Å²) in [5.74, 6) is 4.13. The maximum Gasteiger partial charge on any atom is 0.293 e. The Morgan fingerprint density at radius 3 is 2.72 bits per heavy atom. The fourth-order valence-corrected chi connectivity index (χ4v) is 2.57. The van der Waals surface area contributed by atoms with Crippen LogP contribution in [0, 0.1) is 6.92 Å². The third-order valence-corrected chi connectivity index (χ3v) is 3.88. The van der Waals surface area contributed by atoms with Gasteiger partial charge in [-0.2, -0.15) is 9.61 Å². The fourth-order valence-electron chi connectivity index (χ4n) is 2.57. The molecule has 128 valence electrons. The van der Waals surface area contributed by atoms with Crippen LogP contribution in [0.5, 0.6) is 0 Å². The maximum atomic E-state index is 12.6. The predicted molar refractivity (Wildman–Crippen MR) is 88.9 cm³/mol. The van der Waals surface area contributed by atoms with Gasteiger partial charge in [-0.15, -0.1) is 0 Å². The summed E-state index contributed by atoms with van der Waals surface area (Å²) in [6.07, 6.45) is 3.16. The lowest BCUT2D eigenvalue weighted by Gasteiger charge is -2.13. The van der Waals surface area contributed by atoms with Crippen LogP contribution in [-0.2, 0) is 6.42 Å². The molecule has 3 aromatic heterocycles. The van der Waals surface area contributed by atoms with Crippen molar-refractivity contribution in [2.45, 2.75) is 20.3 Å². The van der Waals surface area contributed by atoms with Crippen LogP contribution in [0.4, 0.5) is 0 Å². The smallest absolute Gasteiger partial charge is 0.293 e. The van der Waals surface area contributed by atoms with Gasteiger partial charge in [-0.1, -0.05) is 13.0 Å². The number of pyridine rings is 1. The summed E-state index contributed by atoms with van der Waals surface area (Å²) in [6.45, 7) is 3.59.